The van der Waals surface area contributed by atoms with Crippen LogP contribution in [0.4, 0.5) is 10.5 Å². The smallest absolute Gasteiger partial charge is 0.335 e. The van der Waals surface area contributed by atoms with E-state index < -0.39 is 17.8 Å². The molecule has 0 atom stereocenters. The van der Waals surface area contributed by atoms with Crippen molar-refractivity contribution >= 4 is 52.2 Å². The monoisotopic (exact) mass is 610 g/mol. The van der Waals surface area contributed by atoms with Gasteiger partial charge in [0.05, 0.1) is 16.4 Å². The summed E-state index contributed by atoms with van der Waals surface area (Å²) in [5.74, 6) is -0.392. The highest BCUT2D eigenvalue weighted by Gasteiger charge is 2.37. The van der Waals surface area contributed by atoms with Gasteiger partial charge < -0.3 is 9.47 Å². The van der Waals surface area contributed by atoms with E-state index in [9.17, 15) is 14.4 Å². The average Bonchev–Trinajstić information content (AvgIpc) is 2.85. The molecule has 0 aliphatic carbocycles. The molecule has 7 nitrogen and oxygen atoms in total. The molecule has 0 bridgehead atoms. The van der Waals surface area contributed by atoms with E-state index in [1.807, 2.05) is 32.9 Å². The Kier molecular flexibility index (Phi) is 7.97. The number of amides is 4. The van der Waals surface area contributed by atoms with Gasteiger partial charge in [-0.15, -0.1) is 0 Å². The zero-order valence-corrected chi connectivity index (χ0v) is 23.2. The van der Waals surface area contributed by atoms with Gasteiger partial charge in [-0.1, -0.05) is 54.4 Å². The maximum Gasteiger partial charge on any atom is 0.335 e. The van der Waals surface area contributed by atoms with Crippen LogP contribution in [0.25, 0.3) is 6.08 Å². The Bertz CT molecular complexity index is 1410. The van der Waals surface area contributed by atoms with Gasteiger partial charge in [0.25, 0.3) is 11.8 Å². The molecule has 0 radical (unpaired) electrons. The number of benzene rings is 3. The highest BCUT2D eigenvalue weighted by atomic mass is 127. The van der Waals surface area contributed by atoms with Crippen LogP contribution in [0.3, 0.4) is 0 Å². The molecule has 1 N–H and O–H groups in total. The third kappa shape index (κ3) is 5.69. The number of aryl methyl sites for hydroxylation is 3. The van der Waals surface area contributed by atoms with Crippen molar-refractivity contribution in [2.75, 3.05) is 12.0 Å². The molecule has 4 amide bonds. The number of carbonyl (C=O) groups excluding carboxylic acids is 3. The number of nitrogens with one attached hydrogen (secondary N) is 1. The molecule has 0 saturated carbocycles. The second-order valence-electron chi connectivity index (χ2n) is 8.76. The SMILES string of the molecule is CCc1ccccc1N1C(=O)NC(=O)/C(=C/c2cc(I)c(OCc3cc(C)cc(C)c3)c(OC)c2)C1=O. The molecule has 0 aromatic heterocycles. The quantitative estimate of drug-likeness (QED) is 0.210. The van der Waals surface area contributed by atoms with Crippen molar-refractivity contribution in [1.29, 1.82) is 0 Å². The molecule has 0 unspecified atom stereocenters. The second-order valence-corrected chi connectivity index (χ2v) is 9.92. The van der Waals surface area contributed by atoms with E-state index in [-0.39, 0.29) is 5.57 Å². The van der Waals surface area contributed by atoms with Crippen molar-refractivity contribution in [2.45, 2.75) is 33.8 Å². The first-order valence-electron chi connectivity index (χ1n) is 11.8. The molecular weight excluding hydrogens is 583 g/mol. The first-order chi connectivity index (χ1) is 17.7. The summed E-state index contributed by atoms with van der Waals surface area (Å²) < 4.78 is 12.4. The van der Waals surface area contributed by atoms with Crippen LogP contribution in [-0.2, 0) is 22.6 Å². The number of imide groups is 2. The fourth-order valence-corrected chi connectivity index (χ4v) is 5.12. The Morgan fingerprint density at radius 2 is 1.70 bits per heavy atom. The highest BCUT2D eigenvalue weighted by Crippen LogP contribution is 2.36. The van der Waals surface area contributed by atoms with Gasteiger partial charge >= 0.3 is 6.03 Å². The molecule has 3 aromatic carbocycles. The minimum Gasteiger partial charge on any atom is -0.493 e. The zero-order chi connectivity index (χ0) is 26.7. The molecule has 1 heterocycles. The van der Waals surface area contributed by atoms with E-state index in [0.29, 0.717) is 35.8 Å². The van der Waals surface area contributed by atoms with Crippen LogP contribution < -0.4 is 19.7 Å². The summed E-state index contributed by atoms with van der Waals surface area (Å²) in [6.45, 7) is 6.39. The van der Waals surface area contributed by atoms with Crippen molar-refractivity contribution in [2.24, 2.45) is 0 Å². The summed E-state index contributed by atoms with van der Waals surface area (Å²) in [4.78, 5) is 39.7. The van der Waals surface area contributed by atoms with E-state index in [0.717, 1.165) is 30.7 Å². The normalized spacial score (nSPS) is 14.7. The van der Waals surface area contributed by atoms with Crippen molar-refractivity contribution in [3.63, 3.8) is 0 Å². The fraction of sp³-hybridized carbons (Fsp3) is 0.207. The number of hydrogen-bond acceptors (Lipinski definition) is 5. The molecule has 190 valence electrons. The molecule has 1 fully saturated rings. The number of carbonyl (C=O) groups is 3. The lowest BCUT2D eigenvalue weighted by Gasteiger charge is -2.28. The number of rotatable bonds is 7. The predicted octanol–water partition coefficient (Wildman–Crippen LogP) is 5.72. The molecule has 0 spiro atoms. The Morgan fingerprint density at radius 1 is 1.00 bits per heavy atom. The minimum absolute atomic E-state index is 0.146. The molecule has 4 rings (SSSR count). The number of para-hydroxylation sites is 1. The van der Waals surface area contributed by atoms with Crippen LogP contribution in [0.5, 0.6) is 11.5 Å². The molecular formula is C29H27IN2O5. The van der Waals surface area contributed by atoms with Gasteiger partial charge in [-0.05, 0) is 83.8 Å². The highest BCUT2D eigenvalue weighted by molar-refractivity contribution is 14.1. The zero-order valence-electron chi connectivity index (χ0n) is 21.1. The van der Waals surface area contributed by atoms with Crippen LogP contribution in [0.1, 0.15) is 34.7 Å². The number of barbiturate groups is 1. The van der Waals surface area contributed by atoms with E-state index in [2.05, 4.69) is 46.1 Å². The summed E-state index contributed by atoms with van der Waals surface area (Å²) in [6, 6.07) is 16.1. The second kappa shape index (κ2) is 11.2. The summed E-state index contributed by atoms with van der Waals surface area (Å²) in [7, 11) is 1.53. The predicted molar refractivity (Wildman–Crippen MR) is 151 cm³/mol. The Morgan fingerprint density at radius 3 is 2.38 bits per heavy atom. The lowest BCUT2D eigenvalue weighted by atomic mass is 10.0. The van der Waals surface area contributed by atoms with Crippen molar-refractivity contribution in [3.05, 3.63) is 91.6 Å². The first-order valence-corrected chi connectivity index (χ1v) is 12.9. The number of methoxy groups -OCH3 is 1. The Balaban J connectivity index is 1.66. The fourth-order valence-electron chi connectivity index (χ4n) is 4.34. The minimum atomic E-state index is -0.768. The molecule has 1 aliphatic rings. The van der Waals surface area contributed by atoms with E-state index >= 15 is 0 Å². The lowest BCUT2D eigenvalue weighted by molar-refractivity contribution is -0.122. The largest absolute Gasteiger partial charge is 0.493 e. The third-order valence-corrected chi connectivity index (χ3v) is 6.74. The Hall–Kier alpha value is -3.66. The Labute approximate surface area is 229 Å². The van der Waals surface area contributed by atoms with Crippen LogP contribution >= 0.6 is 22.6 Å². The maximum atomic E-state index is 13.4. The van der Waals surface area contributed by atoms with Crippen molar-refractivity contribution < 1.29 is 23.9 Å². The van der Waals surface area contributed by atoms with Gasteiger partial charge in [-0.25, -0.2) is 9.69 Å². The maximum absolute atomic E-state index is 13.4. The van der Waals surface area contributed by atoms with E-state index in [1.54, 1.807) is 24.3 Å². The molecule has 3 aromatic rings. The number of ether oxygens (including phenoxy) is 2. The van der Waals surface area contributed by atoms with Crippen LogP contribution in [0, 0.1) is 17.4 Å². The number of urea groups is 1. The topological polar surface area (TPSA) is 84.9 Å². The van der Waals surface area contributed by atoms with E-state index in [4.69, 9.17) is 9.47 Å². The standard InChI is InChI=1S/C29H27IN2O5/c1-5-21-8-6-7-9-24(21)32-28(34)22(27(33)31-29(32)35)13-19-14-23(30)26(25(15-19)36-4)37-16-20-11-17(2)10-18(3)12-20/h6-15H,5,16H2,1-4H3,(H,31,33,35)/b22-13-. The summed E-state index contributed by atoms with van der Waals surface area (Å²) in [5, 5.41) is 2.28. The van der Waals surface area contributed by atoms with Crippen LogP contribution in [0.2, 0.25) is 0 Å². The van der Waals surface area contributed by atoms with Crippen molar-refractivity contribution in [1.82, 2.24) is 5.32 Å². The van der Waals surface area contributed by atoms with Crippen molar-refractivity contribution in [3.8, 4) is 11.5 Å². The van der Waals surface area contributed by atoms with Gasteiger partial charge in [0.1, 0.15) is 12.2 Å². The number of anilines is 1. The summed E-state index contributed by atoms with van der Waals surface area (Å²) >= 11 is 2.14. The van der Waals surface area contributed by atoms with Gasteiger partial charge in [0, 0.05) is 0 Å². The van der Waals surface area contributed by atoms with Gasteiger partial charge in [-0.3, -0.25) is 14.9 Å². The van der Waals surface area contributed by atoms with Crippen LogP contribution in [-0.4, -0.2) is 25.0 Å². The number of nitrogens with zero attached hydrogens (tertiary/aromatic N) is 1. The first kappa shape index (κ1) is 26.4. The van der Waals surface area contributed by atoms with Crippen LogP contribution in [0.15, 0.2) is 60.2 Å². The lowest BCUT2D eigenvalue weighted by Crippen LogP contribution is -2.54. The number of halogens is 1. The van der Waals surface area contributed by atoms with Gasteiger partial charge in [0.2, 0.25) is 0 Å². The molecule has 1 saturated heterocycles. The van der Waals surface area contributed by atoms with Gasteiger partial charge in [0.15, 0.2) is 11.5 Å². The molecule has 8 heteroatoms. The summed E-state index contributed by atoms with van der Waals surface area (Å²) in [5.41, 5.74) is 5.06. The number of hydrogen-bond donors (Lipinski definition) is 1. The van der Waals surface area contributed by atoms with Gasteiger partial charge in [-0.2, -0.15) is 0 Å². The summed E-state index contributed by atoms with van der Waals surface area (Å²) in [6.07, 6.45) is 2.09. The molecule has 37 heavy (non-hydrogen) atoms. The molecule has 1 aliphatic heterocycles. The average molecular weight is 610 g/mol. The van der Waals surface area contributed by atoms with E-state index in [1.165, 1.54) is 13.2 Å². The third-order valence-electron chi connectivity index (χ3n) is 5.94.